The van der Waals surface area contributed by atoms with Crippen LogP contribution < -0.4 is 19.1 Å². The van der Waals surface area contributed by atoms with Gasteiger partial charge in [0.1, 0.15) is 12.2 Å². The lowest BCUT2D eigenvalue weighted by Gasteiger charge is -2.32. The van der Waals surface area contributed by atoms with Crippen molar-refractivity contribution >= 4 is 11.8 Å². The molecular formula is C20H22NO4+. The topological polar surface area (TPSA) is 52.4 Å². The lowest BCUT2D eigenvalue weighted by molar-refractivity contribution is -0.841. The van der Waals surface area contributed by atoms with Crippen LogP contribution in [0.4, 0.5) is 0 Å². The van der Waals surface area contributed by atoms with Gasteiger partial charge in [0.15, 0.2) is 23.0 Å². The number of quaternary nitrogens is 1. The maximum absolute atomic E-state index is 10.1. The number of hydrogen-bond donors (Lipinski definition) is 2. The Morgan fingerprint density at radius 3 is 2.52 bits per heavy atom. The van der Waals surface area contributed by atoms with Crippen molar-refractivity contribution in [3.8, 4) is 23.0 Å². The molecule has 0 saturated carbocycles. The highest BCUT2D eigenvalue weighted by Crippen LogP contribution is 2.38. The number of rotatable bonds is 3. The summed E-state index contributed by atoms with van der Waals surface area (Å²) in [6.07, 6.45) is 3.13. The Morgan fingerprint density at radius 2 is 1.80 bits per heavy atom. The van der Waals surface area contributed by atoms with Crippen molar-refractivity contribution in [2.45, 2.75) is 13.0 Å². The molecule has 0 spiro atoms. The minimum absolute atomic E-state index is 0.202. The third kappa shape index (κ3) is 2.43. The van der Waals surface area contributed by atoms with Crippen LogP contribution >= 0.6 is 0 Å². The van der Waals surface area contributed by atoms with Gasteiger partial charge in [0.25, 0.3) is 0 Å². The molecule has 0 radical (unpaired) electrons. The Bertz CT molecular complexity index is 872. The normalized spacial score (nSPS) is 17.7. The Kier molecular flexibility index (Phi) is 3.81. The second kappa shape index (κ2) is 6.01. The number of nitrogens with one attached hydrogen (secondary N) is 1. The van der Waals surface area contributed by atoms with Crippen LogP contribution in [0.5, 0.6) is 23.0 Å². The first-order valence-electron chi connectivity index (χ1n) is 8.37. The fourth-order valence-electron chi connectivity index (χ4n) is 3.90. The molecule has 5 nitrogen and oxygen atoms in total. The number of ether oxygens (including phenoxy) is 3. The SMILES string of the molecule is COc1cc2c(cc1O)CC[NH+]1Cc3c(ccc(OC)c3OC)C=C21. The number of hydrogen-bond acceptors (Lipinski definition) is 4. The van der Waals surface area contributed by atoms with Gasteiger partial charge in [-0.1, -0.05) is 6.07 Å². The number of phenolic OH excluding ortho intramolecular Hbond substituents is 1. The van der Waals surface area contributed by atoms with Gasteiger partial charge in [-0.15, -0.1) is 0 Å². The summed E-state index contributed by atoms with van der Waals surface area (Å²) in [5.41, 5.74) is 5.87. The number of aromatic hydroxyl groups is 1. The molecule has 0 amide bonds. The van der Waals surface area contributed by atoms with Gasteiger partial charge in [0.2, 0.25) is 0 Å². The maximum atomic E-state index is 10.1. The van der Waals surface area contributed by atoms with E-state index in [4.69, 9.17) is 14.2 Å². The Balaban J connectivity index is 1.87. The highest BCUT2D eigenvalue weighted by atomic mass is 16.5. The number of phenols is 1. The van der Waals surface area contributed by atoms with Gasteiger partial charge in [0, 0.05) is 18.1 Å². The van der Waals surface area contributed by atoms with Crippen LogP contribution in [-0.4, -0.2) is 33.0 Å². The lowest BCUT2D eigenvalue weighted by Crippen LogP contribution is -3.09. The molecule has 1 unspecified atom stereocenters. The van der Waals surface area contributed by atoms with Gasteiger partial charge < -0.3 is 19.3 Å². The number of fused-ring (bicyclic) bond motifs is 4. The van der Waals surface area contributed by atoms with Gasteiger partial charge in [0.05, 0.1) is 33.4 Å². The van der Waals surface area contributed by atoms with E-state index in [0.29, 0.717) is 5.75 Å². The summed E-state index contributed by atoms with van der Waals surface area (Å²) in [6, 6.07) is 7.80. The molecule has 0 fully saturated rings. The zero-order chi connectivity index (χ0) is 17.6. The van der Waals surface area contributed by atoms with Crippen LogP contribution in [0.1, 0.15) is 22.3 Å². The zero-order valence-electron chi connectivity index (χ0n) is 14.7. The highest BCUT2D eigenvalue weighted by Gasteiger charge is 2.33. The molecule has 5 heteroatoms. The molecule has 0 bridgehead atoms. The molecule has 2 N–H and O–H groups in total. The summed E-state index contributed by atoms with van der Waals surface area (Å²) < 4.78 is 16.4. The molecule has 130 valence electrons. The quantitative estimate of drug-likeness (QED) is 0.896. The summed E-state index contributed by atoms with van der Waals surface area (Å²) in [7, 11) is 4.93. The summed E-state index contributed by atoms with van der Waals surface area (Å²) in [4.78, 5) is 1.39. The summed E-state index contributed by atoms with van der Waals surface area (Å²) in [5, 5.41) is 10.1. The molecule has 0 aliphatic carbocycles. The monoisotopic (exact) mass is 340 g/mol. The minimum Gasteiger partial charge on any atom is -0.504 e. The first kappa shape index (κ1) is 15.8. The first-order chi connectivity index (χ1) is 12.2. The predicted octanol–water partition coefficient (Wildman–Crippen LogP) is 1.87. The molecule has 2 aliphatic rings. The van der Waals surface area contributed by atoms with Crippen molar-refractivity contribution in [1.29, 1.82) is 0 Å². The van der Waals surface area contributed by atoms with E-state index in [0.717, 1.165) is 47.7 Å². The predicted molar refractivity (Wildman–Crippen MR) is 95.3 cm³/mol. The fraction of sp³-hybridized carbons (Fsp3) is 0.300. The molecule has 25 heavy (non-hydrogen) atoms. The summed E-state index contributed by atoms with van der Waals surface area (Å²) >= 11 is 0. The Labute approximate surface area is 147 Å². The van der Waals surface area contributed by atoms with Crippen molar-refractivity contribution in [3.63, 3.8) is 0 Å². The highest BCUT2D eigenvalue weighted by molar-refractivity contribution is 5.82. The van der Waals surface area contributed by atoms with E-state index in [1.165, 1.54) is 16.2 Å². The molecule has 0 aromatic heterocycles. The smallest absolute Gasteiger partial charge is 0.170 e. The van der Waals surface area contributed by atoms with Gasteiger partial charge in [-0.25, -0.2) is 0 Å². The second-order valence-corrected chi connectivity index (χ2v) is 6.39. The standard InChI is InChI=1S/C20H21NO4/c1-23-18-5-4-12-8-16-14-10-19(24-2)17(22)9-13(14)6-7-21(16)11-15(12)20(18)25-3/h4-5,8-10,22H,6-7,11H2,1-3H3/p+1. The first-order valence-corrected chi connectivity index (χ1v) is 8.37. The van der Waals surface area contributed by atoms with Crippen molar-refractivity contribution in [1.82, 2.24) is 0 Å². The van der Waals surface area contributed by atoms with Crippen LogP contribution in [0.2, 0.25) is 0 Å². The molecule has 2 aromatic carbocycles. The van der Waals surface area contributed by atoms with E-state index in [2.05, 4.69) is 12.1 Å². The van der Waals surface area contributed by atoms with E-state index in [-0.39, 0.29) is 5.75 Å². The van der Waals surface area contributed by atoms with Gasteiger partial charge in [-0.2, -0.15) is 0 Å². The van der Waals surface area contributed by atoms with Crippen LogP contribution in [-0.2, 0) is 13.0 Å². The van der Waals surface area contributed by atoms with Crippen LogP contribution in [0, 0.1) is 0 Å². The van der Waals surface area contributed by atoms with E-state index in [1.54, 1.807) is 21.3 Å². The summed E-state index contributed by atoms with van der Waals surface area (Å²) in [6.45, 7) is 1.83. The third-order valence-electron chi connectivity index (χ3n) is 5.15. The zero-order valence-corrected chi connectivity index (χ0v) is 14.7. The van der Waals surface area contributed by atoms with Gasteiger partial charge >= 0.3 is 0 Å². The van der Waals surface area contributed by atoms with E-state index in [9.17, 15) is 5.11 Å². The van der Waals surface area contributed by atoms with Crippen LogP contribution in [0.25, 0.3) is 11.8 Å². The van der Waals surface area contributed by atoms with Crippen LogP contribution in [0.15, 0.2) is 24.3 Å². The van der Waals surface area contributed by atoms with E-state index >= 15 is 0 Å². The maximum Gasteiger partial charge on any atom is 0.170 e. The minimum atomic E-state index is 0.202. The molecule has 2 heterocycles. The van der Waals surface area contributed by atoms with Gasteiger partial charge in [-0.3, -0.25) is 4.90 Å². The third-order valence-corrected chi connectivity index (χ3v) is 5.15. The Hall–Kier alpha value is -2.66. The van der Waals surface area contributed by atoms with E-state index in [1.807, 2.05) is 18.2 Å². The largest absolute Gasteiger partial charge is 0.504 e. The molecule has 4 rings (SSSR count). The fourth-order valence-corrected chi connectivity index (χ4v) is 3.90. The molecule has 1 atom stereocenters. The molecule has 2 aromatic rings. The van der Waals surface area contributed by atoms with Crippen molar-refractivity contribution in [2.24, 2.45) is 0 Å². The molecule has 2 aliphatic heterocycles. The molecule has 0 saturated heterocycles. The average molecular weight is 340 g/mol. The lowest BCUT2D eigenvalue weighted by atomic mass is 9.90. The Morgan fingerprint density at radius 1 is 1.00 bits per heavy atom. The summed E-state index contributed by atoms with van der Waals surface area (Å²) in [5.74, 6) is 2.30. The molecular weight excluding hydrogens is 318 g/mol. The van der Waals surface area contributed by atoms with Crippen LogP contribution in [0.3, 0.4) is 0 Å². The van der Waals surface area contributed by atoms with Crippen molar-refractivity contribution in [2.75, 3.05) is 27.9 Å². The second-order valence-electron chi connectivity index (χ2n) is 6.39. The van der Waals surface area contributed by atoms with E-state index < -0.39 is 0 Å². The average Bonchev–Trinajstić information content (AvgIpc) is 2.64. The van der Waals surface area contributed by atoms with Gasteiger partial charge in [-0.05, 0) is 29.3 Å². The van der Waals surface area contributed by atoms with Crippen molar-refractivity contribution < 1.29 is 24.2 Å². The number of methoxy groups -OCH3 is 3. The number of benzene rings is 2. The van der Waals surface area contributed by atoms with Crippen molar-refractivity contribution in [3.05, 3.63) is 46.5 Å².